The molecule has 2 aliphatic rings. The molecule has 0 aromatic heterocycles. The lowest BCUT2D eigenvalue weighted by atomic mass is 10.0. The Morgan fingerprint density at radius 3 is 2.11 bits per heavy atom. The van der Waals surface area contributed by atoms with Gasteiger partial charge in [-0.1, -0.05) is 34.6 Å². The number of rotatable bonds is 3. The molecule has 108 valence electrons. The van der Waals surface area contributed by atoms with Crippen molar-refractivity contribution in [2.45, 2.75) is 60.0 Å². The molecule has 0 radical (unpaired) electrons. The molecule has 4 nitrogen and oxygen atoms in total. The summed E-state index contributed by atoms with van der Waals surface area (Å²) in [5.74, 6) is 0.519. The fourth-order valence-electron chi connectivity index (χ4n) is 3.40. The van der Waals surface area contributed by atoms with E-state index in [2.05, 4.69) is 33.0 Å². The Bertz CT molecular complexity index is 400. The molecule has 0 aromatic rings. The second-order valence-corrected chi connectivity index (χ2v) is 7.13. The van der Waals surface area contributed by atoms with Crippen LogP contribution in [0.2, 0.25) is 0 Å². The summed E-state index contributed by atoms with van der Waals surface area (Å²) in [6.07, 6.45) is 0.658. The lowest BCUT2D eigenvalue weighted by Crippen LogP contribution is -2.62. The van der Waals surface area contributed by atoms with Gasteiger partial charge in [0, 0.05) is 6.54 Å². The van der Waals surface area contributed by atoms with Gasteiger partial charge in [-0.15, -0.1) is 0 Å². The molecule has 1 aliphatic heterocycles. The molecular formula is C15H26N2O2. The van der Waals surface area contributed by atoms with Crippen molar-refractivity contribution < 1.29 is 9.59 Å². The Hall–Kier alpha value is -1.06. The third kappa shape index (κ3) is 1.96. The summed E-state index contributed by atoms with van der Waals surface area (Å²) < 4.78 is 0. The third-order valence-corrected chi connectivity index (χ3v) is 5.85. The fraction of sp³-hybridized carbons (Fsp3) is 0.867. The highest BCUT2D eigenvalue weighted by Gasteiger charge is 2.65. The molecule has 0 aromatic carbocycles. The van der Waals surface area contributed by atoms with Gasteiger partial charge in [0.15, 0.2) is 0 Å². The van der Waals surface area contributed by atoms with Crippen molar-refractivity contribution in [2.75, 3.05) is 6.54 Å². The normalized spacial score (nSPS) is 33.3. The Morgan fingerprint density at radius 2 is 1.68 bits per heavy atom. The highest BCUT2D eigenvalue weighted by atomic mass is 16.2. The molecule has 1 saturated carbocycles. The second kappa shape index (κ2) is 4.22. The molecule has 2 rings (SSSR count). The van der Waals surface area contributed by atoms with Crippen LogP contribution in [-0.2, 0) is 9.59 Å². The summed E-state index contributed by atoms with van der Waals surface area (Å²) in [5, 5.41) is 2.80. The van der Waals surface area contributed by atoms with Crippen molar-refractivity contribution in [3.63, 3.8) is 0 Å². The second-order valence-electron chi connectivity index (χ2n) is 7.13. The highest BCUT2D eigenvalue weighted by molar-refractivity contribution is 5.96. The monoisotopic (exact) mass is 266 g/mol. The number of hydrogen-bond donors (Lipinski definition) is 1. The maximum atomic E-state index is 12.4. The van der Waals surface area contributed by atoms with Gasteiger partial charge in [0.05, 0.1) is 0 Å². The number of carbonyl (C=O) groups is 2. The lowest BCUT2D eigenvalue weighted by molar-refractivity contribution is -0.149. The molecule has 1 aliphatic carbocycles. The van der Waals surface area contributed by atoms with Crippen LogP contribution >= 0.6 is 0 Å². The fourth-order valence-corrected chi connectivity index (χ4v) is 3.40. The van der Waals surface area contributed by atoms with Gasteiger partial charge < -0.3 is 10.2 Å². The summed E-state index contributed by atoms with van der Waals surface area (Å²) in [4.78, 5) is 26.1. The Balaban J connectivity index is 2.14. The zero-order valence-corrected chi connectivity index (χ0v) is 12.9. The smallest absolute Gasteiger partial charge is 0.245 e. The molecule has 19 heavy (non-hydrogen) atoms. The van der Waals surface area contributed by atoms with Gasteiger partial charge in [-0.25, -0.2) is 0 Å². The maximum Gasteiger partial charge on any atom is 0.245 e. The van der Waals surface area contributed by atoms with Crippen LogP contribution < -0.4 is 5.32 Å². The molecule has 0 spiro atoms. The molecule has 1 saturated heterocycles. The first-order valence-corrected chi connectivity index (χ1v) is 7.25. The molecular weight excluding hydrogens is 240 g/mol. The molecule has 1 heterocycles. The number of carbonyl (C=O) groups excluding carboxylic acids is 2. The molecule has 4 heteroatoms. The van der Waals surface area contributed by atoms with Crippen molar-refractivity contribution in [3.8, 4) is 0 Å². The van der Waals surface area contributed by atoms with Crippen molar-refractivity contribution in [3.05, 3.63) is 0 Å². The van der Waals surface area contributed by atoms with Gasteiger partial charge in [0.25, 0.3) is 0 Å². The van der Waals surface area contributed by atoms with E-state index in [0.29, 0.717) is 18.9 Å². The van der Waals surface area contributed by atoms with Crippen molar-refractivity contribution in [2.24, 2.45) is 16.7 Å². The minimum Gasteiger partial charge on any atom is -0.343 e. The summed E-state index contributed by atoms with van der Waals surface area (Å²) in [5.41, 5.74) is 0.477. The van der Waals surface area contributed by atoms with Gasteiger partial charge in [-0.05, 0) is 30.1 Å². The Kier molecular flexibility index (Phi) is 3.19. The lowest BCUT2D eigenvalue weighted by Gasteiger charge is -2.37. The van der Waals surface area contributed by atoms with E-state index in [1.807, 2.05) is 13.8 Å². The van der Waals surface area contributed by atoms with E-state index in [1.54, 1.807) is 4.90 Å². The average molecular weight is 266 g/mol. The Labute approximate surface area is 115 Å². The van der Waals surface area contributed by atoms with Crippen molar-refractivity contribution in [1.82, 2.24) is 10.2 Å². The van der Waals surface area contributed by atoms with Gasteiger partial charge in [-0.3, -0.25) is 9.59 Å². The van der Waals surface area contributed by atoms with Crippen LogP contribution in [0.25, 0.3) is 0 Å². The molecule has 2 atom stereocenters. The number of amides is 2. The van der Waals surface area contributed by atoms with Gasteiger partial charge >= 0.3 is 0 Å². The minimum atomic E-state index is -0.345. The topological polar surface area (TPSA) is 49.4 Å². The van der Waals surface area contributed by atoms with Crippen LogP contribution in [0.15, 0.2) is 0 Å². The quantitative estimate of drug-likeness (QED) is 0.846. The van der Waals surface area contributed by atoms with E-state index in [4.69, 9.17) is 0 Å². The molecule has 2 fully saturated rings. The SMILES string of the molecule is CCC1NC(=O)C(C)N(CC2C(C)(C)C2(C)C)C1=O. The maximum absolute atomic E-state index is 12.4. The van der Waals surface area contributed by atoms with Crippen LogP contribution in [0.1, 0.15) is 48.0 Å². The van der Waals surface area contributed by atoms with Gasteiger partial charge in [0.1, 0.15) is 12.1 Å². The third-order valence-electron chi connectivity index (χ3n) is 5.85. The molecule has 0 bridgehead atoms. The van der Waals surface area contributed by atoms with Gasteiger partial charge in [-0.2, -0.15) is 0 Å². The summed E-state index contributed by atoms with van der Waals surface area (Å²) >= 11 is 0. The van der Waals surface area contributed by atoms with Crippen LogP contribution in [0.5, 0.6) is 0 Å². The molecule has 1 N–H and O–H groups in total. The Morgan fingerprint density at radius 1 is 1.16 bits per heavy atom. The first kappa shape index (κ1) is 14.4. The predicted molar refractivity (Wildman–Crippen MR) is 74.4 cm³/mol. The first-order valence-electron chi connectivity index (χ1n) is 7.25. The number of nitrogens with one attached hydrogen (secondary N) is 1. The van der Waals surface area contributed by atoms with Crippen LogP contribution in [0.4, 0.5) is 0 Å². The van der Waals surface area contributed by atoms with Crippen LogP contribution in [-0.4, -0.2) is 35.3 Å². The first-order chi connectivity index (χ1) is 8.64. The van der Waals surface area contributed by atoms with E-state index in [1.165, 1.54) is 0 Å². The molecule has 2 amide bonds. The van der Waals surface area contributed by atoms with E-state index < -0.39 is 0 Å². The largest absolute Gasteiger partial charge is 0.343 e. The van der Waals surface area contributed by atoms with E-state index in [0.717, 1.165) is 0 Å². The number of piperazine rings is 1. The number of nitrogens with zero attached hydrogens (tertiary/aromatic N) is 1. The van der Waals surface area contributed by atoms with Crippen molar-refractivity contribution in [1.29, 1.82) is 0 Å². The summed E-state index contributed by atoms with van der Waals surface area (Å²) in [7, 11) is 0. The van der Waals surface area contributed by atoms with Crippen LogP contribution in [0, 0.1) is 16.7 Å². The summed E-state index contributed by atoms with van der Waals surface area (Å²) in [6.45, 7) is 13.4. The van der Waals surface area contributed by atoms with E-state index >= 15 is 0 Å². The predicted octanol–water partition coefficient (Wildman–Crippen LogP) is 1.79. The van der Waals surface area contributed by atoms with E-state index in [9.17, 15) is 9.59 Å². The average Bonchev–Trinajstić information content (AvgIpc) is 2.70. The van der Waals surface area contributed by atoms with Crippen LogP contribution in [0.3, 0.4) is 0 Å². The van der Waals surface area contributed by atoms with Crippen molar-refractivity contribution >= 4 is 11.8 Å². The highest BCUT2D eigenvalue weighted by Crippen LogP contribution is 2.68. The standard InChI is InChI=1S/C15H26N2O2/c1-7-10-13(19)17(9(2)12(18)16-10)8-11-14(3,4)15(11,5)6/h9-11H,7-8H2,1-6H3,(H,16,18). The zero-order valence-electron chi connectivity index (χ0n) is 12.9. The van der Waals surface area contributed by atoms with E-state index in [-0.39, 0.29) is 34.7 Å². The summed E-state index contributed by atoms with van der Waals surface area (Å²) in [6, 6.07) is -0.684. The molecule has 2 unspecified atom stereocenters. The number of hydrogen-bond acceptors (Lipinski definition) is 2. The minimum absolute atomic E-state index is 0.0253. The zero-order chi connectivity index (χ0) is 14.6. The van der Waals surface area contributed by atoms with Gasteiger partial charge in [0.2, 0.25) is 11.8 Å².